The molecule has 0 radical (unpaired) electrons. The van der Waals surface area contributed by atoms with Crippen LogP contribution in [0.4, 0.5) is 5.69 Å². The average molecular weight is 279 g/mol. The van der Waals surface area contributed by atoms with Gasteiger partial charge in [-0.3, -0.25) is 0 Å². The van der Waals surface area contributed by atoms with Crippen LogP contribution in [0.1, 0.15) is 35.2 Å². The third-order valence-corrected chi connectivity index (χ3v) is 3.83. The molecular formula is C17H17N3O. The summed E-state index contributed by atoms with van der Waals surface area (Å²) in [7, 11) is 0. The number of pyridine rings is 1. The minimum Gasteiger partial charge on any atom is -0.435 e. The molecule has 2 N–H and O–H groups in total. The fourth-order valence-corrected chi connectivity index (χ4v) is 2.68. The Bertz CT molecular complexity index is 711. The summed E-state index contributed by atoms with van der Waals surface area (Å²) >= 11 is 0. The quantitative estimate of drug-likeness (QED) is 0.854. The Kier molecular flexibility index (Phi) is 3.49. The molecule has 0 unspecified atom stereocenters. The number of hydrogen-bond donors (Lipinski definition) is 1. The second-order valence-corrected chi connectivity index (χ2v) is 5.36. The molecular weight excluding hydrogens is 262 g/mol. The Morgan fingerprint density at radius 1 is 1.29 bits per heavy atom. The molecule has 3 rings (SSSR count). The minimum atomic E-state index is 0.360. The zero-order chi connectivity index (χ0) is 14.8. The van der Waals surface area contributed by atoms with E-state index in [1.54, 1.807) is 6.07 Å². The van der Waals surface area contributed by atoms with Crippen LogP contribution in [0.2, 0.25) is 0 Å². The molecule has 21 heavy (non-hydrogen) atoms. The van der Waals surface area contributed by atoms with Gasteiger partial charge in [-0.15, -0.1) is 0 Å². The normalized spacial score (nSPS) is 13.3. The molecule has 0 fully saturated rings. The van der Waals surface area contributed by atoms with E-state index in [0.717, 1.165) is 36.9 Å². The fourth-order valence-electron chi connectivity index (χ4n) is 2.68. The van der Waals surface area contributed by atoms with Gasteiger partial charge in [-0.1, -0.05) is 12.1 Å². The van der Waals surface area contributed by atoms with Gasteiger partial charge in [0.15, 0.2) is 5.75 Å². The minimum absolute atomic E-state index is 0.360. The zero-order valence-electron chi connectivity index (χ0n) is 12.0. The van der Waals surface area contributed by atoms with E-state index in [4.69, 9.17) is 10.5 Å². The molecule has 0 atom stereocenters. The molecule has 1 aliphatic rings. The first-order chi connectivity index (χ1) is 10.2. The lowest BCUT2D eigenvalue weighted by atomic mass is 9.95. The van der Waals surface area contributed by atoms with Crippen molar-refractivity contribution in [2.45, 2.75) is 32.6 Å². The number of anilines is 1. The zero-order valence-corrected chi connectivity index (χ0v) is 12.0. The van der Waals surface area contributed by atoms with Gasteiger partial charge in [0.2, 0.25) is 5.88 Å². The number of aromatic nitrogens is 1. The Hall–Kier alpha value is -2.54. The maximum atomic E-state index is 9.34. The van der Waals surface area contributed by atoms with Crippen molar-refractivity contribution in [3.8, 4) is 17.7 Å². The fraction of sp³-hybridized carbons (Fsp3) is 0.294. The van der Waals surface area contributed by atoms with Crippen LogP contribution < -0.4 is 10.5 Å². The lowest BCUT2D eigenvalue weighted by Gasteiger charge is -2.17. The first-order valence-electron chi connectivity index (χ1n) is 7.15. The first-order valence-corrected chi connectivity index (χ1v) is 7.15. The molecule has 1 aromatic carbocycles. The Balaban J connectivity index is 2.04. The standard InChI is InChI=1S/C17H17N3O/c1-11-5-4-7-14(19)16(11)21-17-13(10-18)9-12-6-2-3-8-15(12)20-17/h4-5,7,9H,2-3,6,8,19H2,1H3. The summed E-state index contributed by atoms with van der Waals surface area (Å²) in [5, 5.41) is 9.34. The summed E-state index contributed by atoms with van der Waals surface area (Å²) in [5.74, 6) is 0.941. The van der Waals surface area contributed by atoms with E-state index in [0.29, 0.717) is 22.9 Å². The van der Waals surface area contributed by atoms with E-state index >= 15 is 0 Å². The summed E-state index contributed by atoms with van der Waals surface area (Å²) in [6.45, 7) is 1.93. The molecule has 0 spiro atoms. The first kappa shape index (κ1) is 13.4. The highest BCUT2D eigenvalue weighted by Gasteiger charge is 2.17. The molecule has 1 aliphatic carbocycles. The van der Waals surface area contributed by atoms with Crippen LogP contribution in [-0.4, -0.2) is 4.98 Å². The molecule has 4 nitrogen and oxygen atoms in total. The Labute approximate surface area is 124 Å². The highest BCUT2D eigenvalue weighted by atomic mass is 16.5. The van der Waals surface area contributed by atoms with Crippen molar-refractivity contribution in [3.05, 3.63) is 46.6 Å². The summed E-state index contributed by atoms with van der Waals surface area (Å²) in [5.41, 5.74) is 10.1. The van der Waals surface area contributed by atoms with Gasteiger partial charge in [0.1, 0.15) is 11.6 Å². The Morgan fingerprint density at radius 3 is 2.86 bits per heavy atom. The topological polar surface area (TPSA) is 71.9 Å². The number of rotatable bonds is 2. The number of fused-ring (bicyclic) bond motifs is 1. The molecule has 0 amide bonds. The maximum Gasteiger partial charge on any atom is 0.237 e. The summed E-state index contributed by atoms with van der Waals surface area (Å²) in [6.07, 6.45) is 4.23. The van der Waals surface area contributed by atoms with Gasteiger partial charge >= 0.3 is 0 Å². The van der Waals surface area contributed by atoms with Crippen molar-refractivity contribution >= 4 is 5.69 Å². The molecule has 1 aromatic heterocycles. The molecule has 106 valence electrons. The van der Waals surface area contributed by atoms with Gasteiger partial charge in [-0.25, -0.2) is 4.98 Å². The number of nitrogen functional groups attached to an aromatic ring is 1. The van der Waals surface area contributed by atoms with Crippen molar-refractivity contribution in [1.82, 2.24) is 4.98 Å². The van der Waals surface area contributed by atoms with Gasteiger partial charge in [-0.2, -0.15) is 5.26 Å². The van der Waals surface area contributed by atoms with Crippen LogP contribution in [0.25, 0.3) is 0 Å². The molecule has 4 heteroatoms. The van der Waals surface area contributed by atoms with Crippen LogP contribution >= 0.6 is 0 Å². The van der Waals surface area contributed by atoms with Crippen LogP contribution in [0.5, 0.6) is 11.6 Å². The highest BCUT2D eigenvalue weighted by Crippen LogP contribution is 2.33. The molecule has 0 saturated carbocycles. The van der Waals surface area contributed by atoms with Gasteiger partial charge in [-0.05, 0) is 55.9 Å². The van der Waals surface area contributed by atoms with Gasteiger partial charge in [0.05, 0.1) is 5.69 Å². The molecule has 0 aliphatic heterocycles. The summed E-state index contributed by atoms with van der Waals surface area (Å²) < 4.78 is 5.87. The summed E-state index contributed by atoms with van der Waals surface area (Å²) in [6, 6.07) is 9.67. The highest BCUT2D eigenvalue weighted by molar-refractivity contribution is 5.58. The second-order valence-electron chi connectivity index (χ2n) is 5.36. The number of nitrogens with two attached hydrogens (primary N) is 1. The van der Waals surface area contributed by atoms with Crippen molar-refractivity contribution in [2.75, 3.05) is 5.73 Å². The number of ether oxygens (including phenoxy) is 1. The summed E-state index contributed by atoms with van der Waals surface area (Å²) in [4.78, 5) is 4.56. The van der Waals surface area contributed by atoms with Crippen LogP contribution in [-0.2, 0) is 12.8 Å². The molecule has 2 aromatic rings. The number of benzene rings is 1. The van der Waals surface area contributed by atoms with E-state index < -0.39 is 0 Å². The third kappa shape index (κ3) is 2.55. The third-order valence-electron chi connectivity index (χ3n) is 3.83. The van der Waals surface area contributed by atoms with Gasteiger partial charge in [0, 0.05) is 5.69 Å². The number of nitrogens with zero attached hydrogens (tertiary/aromatic N) is 2. The predicted molar refractivity (Wildman–Crippen MR) is 81.3 cm³/mol. The van der Waals surface area contributed by atoms with Crippen molar-refractivity contribution < 1.29 is 4.74 Å². The van der Waals surface area contributed by atoms with Crippen LogP contribution in [0.3, 0.4) is 0 Å². The SMILES string of the molecule is Cc1cccc(N)c1Oc1nc2c(cc1C#N)CCCC2. The number of nitriles is 1. The van der Waals surface area contributed by atoms with E-state index in [2.05, 4.69) is 11.1 Å². The van der Waals surface area contributed by atoms with E-state index in [-0.39, 0.29) is 0 Å². The van der Waals surface area contributed by atoms with E-state index in [1.807, 2.05) is 25.1 Å². The maximum absolute atomic E-state index is 9.34. The van der Waals surface area contributed by atoms with E-state index in [9.17, 15) is 5.26 Å². The predicted octanol–water partition coefficient (Wildman–Crippen LogP) is 3.52. The molecule has 0 bridgehead atoms. The average Bonchev–Trinajstić information content (AvgIpc) is 2.50. The van der Waals surface area contributed by atoms with Crippen molar-refractivity contribution in [1.29, 1.82) is 5.26 Å². The van der Waals surface area contributed by atoms with E-state index in [1.165, 1.54) is 5.56 Å². The van der Waals surface area contributed by atoms with Gasteiger partial charge in [0.25, 0.3) is 0 Å². The Morgan fingerprint density at radius 2 is 2.10 bits per heavy atom. The lowest BCUT2D eigenvalue weighted by Crippen LogP contribution is -2.08. The largest absolute Gasteiger partial charge is 0.435 e. The smallest absolute Gasteiger partial charge is 0.237 e. The number of hydrogen-bond acceptors (Lipinski definition) is 4. The second kappa shape index (κ2) is 5.45. The van der Waals surface area contributed by atoms with Crippen molar-refractivity contribution in [2.24, 2.45) is 0 Å². The monoisotopic (exact) mass is 279 g/mol. The number of aryl methyl sites for hydroxylation is 3. The number of para-hydroxylation sites is 1. The van der Waals surface area contributed by atoms with Crippen LogP contribution in [0.15, 0.2) is 24.3 Å². The lowest BCUT2D eigenvalue weighted by molar-refractivity contribution is 0.455. The van der Waals surface area contributed by atoms with Crippen LogP contribution in [0, 0.1) is 18.3 Å². The van der Waals surface area contributed by atoms with Crippen molar-refractivity contribution in [3.63, 3.8) is 0 Å². The molecule has 1 heterocycles. The van der Waals surface area contributed by atoms with Gasteiger partial charge < -0.3 is 10.5 Å². The molecule has 0 saturated heterocycles.